The highest BCUT2D eigenvalue weighted by molar-refractivity contribution is 7.87. The summed E-state index contributed by atoms with van der Waals surface area (Å²) in [5.74, 6) is 0. The second-order valence-corrected chi connectivity index (χ2v) is 4.51. The Labute approximate surface area is 97.2 Å². The third-order valence-corrected chi connectivity index (χ3v) is 3.63. The molecule has 1 rings (SSSR count). The van der Waals surface area contributed by atoms with Gasteiger partial charge in [-0.2, -0.15) is 12.6 Å². The van der Waals surface area contributed by atoms with Crippen LogP contribution in [0.25, 0.3) is 0 Å². The summed E-state index contributed by atoms with van der Waals surface area (Å²) >= 11 is 9.69. The molecule has 0 saturated heterocycles. The fraction of sp³-hybridized carbons (Fsp3) is 0.700. The fourth-order valence-corrected chi connectivity index (χ4v) is 2.36. The first-order valence-electron chi connectivity index (χ1n) is 4.98. The van der Waals surface area contributed by atoms with Gasteiger partial charge in [-0.25, -0.2) is 0 Å². The van der Waals surface area contributed by atoms with Gasteiger partial charge in [-0.05, 0) is 6.42 Å². The number of thiol groups is 1. The minimum Gasteiger partial charge on any atom is -0.389 e. The quantitative estimate of drug-likeness (QED) is 0.554. The van der Waals surface area contributed by atoms with Gasteiger partial charge in [0.1, 0.15) is 0 Å². The Morgan fingerprint density at radius 3 is 2.71 bits per heavy atom. The molecule has 0 aromatic carbocycles. The number of nitrogens with zero attached hydrogens (tertiary/aromatic N) is 1. The van der Waals surface area contributed by atoms with Gasteiger partial charge in [0.15, 0.2) is 0 Å². The van der Waals surface area contributed by atoms with Crippen molar-refractivity contribution in [2.45, 2.75) is 25.0 Å². The first-order chi connectivity index (χ1) is 6.63. The van der Waals surface area contributed by atoms with Crippen LogP contribution in [0.3, 0.4) is 0 Å². The molecule has 0 heterocycles. The van der Waals surface area contributed by atoms with E-state index in [1.807, 2.05) is 7.05 Å². The van der Waals surface area contributed by atoms with Gasteiger partial charge in [0, 0.05) is 20.6 Å². The molecule has 0 spiro atoms. The molecule has 14 heavy (non-hydrogen) atoms. The Bertz CT molecular complexity index is 261. The lowest BCUT2D eigenvalue weighted by atomic mass is 9.98. The molecule has 0 aromatic heterocycles. The highest BCUT2D eigenvalue weighted by Crippen LogP contribution is 2.30. The van der Waals surface area contributed by atoms with Crippen LogP contribution in [0.15, 0.2) is 11.4 Å². The van der Waals surface area contributed by atoms with E-state index in [1.165, 1.54) is 18.5 Å². The topological polar surface area (TPSA) is 15.3 Å². The Hall–Kier alpha value is -0.220. The van der Waals surface area contributed by atoms with Gasteiger partial charge < -0.3 is 10.2 Å². The van der Waals surface area contributed by atoms with Gasteiger partial charge in [0.05, 0.1) is 21.5 Å². The number of hydrogen-bond donors (Lipinski definition) is 2. The van der Waals surface area contributed by atoms with E-state index < -0.39 is 0 Å². The molecule has 1 aliphatic carbocycles. The first-order valence-corrected chi connectivity index (χ1v) is 5.91. The van der Waals surface area contributed by atoms with Crippen LogP contribution >= 0.6 is 24.8 Å². The summed E-state index contributed by atoms with van der Waals surface area (Å²) in [5.41, 5.74) is 2.34. The van der Waals surface area contributed by atoms with E-state index in [0.717, 1.165) is 17.1 Å². The molecule has 0 aliphatic heterocycles. The molecule has 1 unspecified atom stereocenters. The maximum Gasteiger partial charge on any atom is 0.0807 e. The Morgan fingerprint density at radius 1 is 1.57 bits per heavy atom. The number of rotatable bonds is 5. The normalized spacial score (nSPS) is 20.9. The molecule has 0 radical (unpaired) electrons. The first kappa shape index (κ1) is 11.9. The molecule has 0 amide bonds. The standard InChI is InChI=1S/C10H18N2S2/c1-4-5-6-12(3)8-7(11-2)9(13)10(8)14/h9,11,13H,4-6H2,1-3H3. The average Bonchev–Trinajstić information content (AvgIpc) is 2.20. The van der Waals surface area contributed by atoms with E-state index in [1.54, 1.807) is 0 Å². The highest BCUT2D eigenvalue weighted by atomic mass is 32.1. The van der Waals surface area contributed by atoms with Crippen molar-refractivity contribution in [1.82, 2.24) is 10.2 Å². The van der Waals surface area contributed by atoms with E-state index in [-0.39, 0.29) is 5.25 Å². The maximum absolute atomic E-state index is 5.28. The minimum atomic E-state index is 0.133. The third-order valence-electron chi connectivity index (χ3n) is 2.51. The zero-order valence-corrected chi connectivity index (χ0v) is 10.7. The number of allylic oxidation sites excluding steroid dienone is 1. The van der Waals surface area contributed by atoms with Crippen molar-refractivity contribution >= 4 is 29.7 Å². The molecule has 0 fully saturated rings. The smallest absolute Gasteiger partial charge is 0.0807 e. The van der Waals surface area contributed by atoms with Crippen LogP contribution in [0.5, 0.6) is 0 Å². The fourth-order valence-electron chi connectivity index (χ4n) is 1.60. The highest BCUT2D eigenvalue weighted by Gasteiger charge is 2.34. The molecule has 0 aromatic rings. The van der Waals surface area contributed by atoms with Crippen LogP contribution in [-0.4, -0.2) is 35.7 Å². The number of unbranched alkanes of at least 4 members (excludes halogenated alkanes) is 1. The van der Waals surface area contributed by atoms with Crippen LogP contribution in [0.1, 0.15) is 19.8 Å². The van der Waals surface area contributed by atoms with Gasteiger partial charge >= 0.3 is 0 Å². The zero-order chi connectivity index (χ0) is 10.7. The lowest BCUT2D eigenvalue weighted by Crippen LogP contribution is -2.44. The van der Waals surface area contributed by atoms with Crippen LogP contribution < -0.4 is 5.32 Å². The molecular weight excluding hydrogens is 212 g/mol. The van der Waals surface area contributed by atoms with Gasteiger partial charge in [-0.3, -0.25) is 0 Å². The van der Waals surface area contributed by atoms with E-state index in [0.29, 0.717) is 0 Å². The molecule has 4 heteroatoms. The van der Waals surface area contributed by atoms with Gasteiger partial charge in [-0.1, -0.05) is 25.6 Å². The lowest BCUT2D eigenvalue weighted by molar-refractivity contribution is 0.411. The molecule has 80 valence electrons. The summed E-state index contributed by atoms with van der Waals surface area (Å²) in [4.78, 5) is 3.20. The molecule has 0 bridgehead atoms. The van der Waals surface area contributed by atoms with Crippen LogP contribution in [0, 0.1) is 0 Å². The third kappa shape index (κ3) is 2.06. The van der Waals surface area contributed by atoms with E-state index >= 15 is 0 Å². The van der Waals surface area contributed by atoms with Crippen molar-refractivity contribution in [3.63, 3.8) is 0 Å². The van der Waals surface area contributed by atoms with Gasteiger partial charge in [0.2, 0.25) is 0 Å². The monoisotopic (exact) mass is 230 g/mol. The molecule has 1 aliphatic rings. The molecule has 1 atom stereocenters. The summed E-state index contributed by atoms with van der Waals surface area (Å²) in [6.07, 6.45) is 2.42. The molecular formula is C10H18N2S2. The van der Waals surface area contributed by atoms with Crippen LogP contribution in [0.4, 0.5) is 0 Å². The largest absolute Gasteiger partial charge is 0.389 e. The van der Waals surface area contributed by atoms with E-state index in [2.05, 4.69) is 36.8 Å². The SMILES string of the molecule is CCCCN(C)C1=C(NC)C(S)C1=S. The summed E-state index contributed by atoms with van der Waals surface area (Å²) in [5, 5.41) is 3.30. The van der Waals surface area contributed by atoms with E-state index in [4.69, 9.17) is 12.2 Å². The van der Waals surface area contributed by atoms with Crippen molar-refractivity contribution in [2.75, 3.05) is 20.6 Å². The summed E-state index contributed by atoms with van der Waals surface area (Å²) < 4.78 is 0. The minimum absolute atomic E-state index is 0.133. The van der Waals surface area contributed by atoms with Crippen molar-refractivity contribution in [3.05, 3.63) is 11.4 Å². The van der Waals surface area contributed by atoms with E-state index in [9.17, 15) is 0 Å². The zero-order valence-electron chi connectivity index (χ0n) is 9.00. The second-order valence-electron chi connectivity index (χ2n) is 3.55. The molecule has 1 N–H and O–H groups in total. The van der Waals surface area contributed by atoms with Crippen molar-refractivity contribution < 1.29 is 0 Å². The Balaban J connectivity index is 2.66. The second kappa shape index (κ2) is 5.03. The van der Waals surface area contributed by atoms with Crippen molar-refractivity contribution in [3.8, 4) is 0 Å². The predicted octanol–water partition coefficient (Wildman–Crippen LogP) is 1.83. The van der Waals surface area contributed by atoms with Crippen LogP contribution in [-0.2, 0) is 0 Å². The summed E-state index contributed by atoms with van der Waals surface area (Å²) in [7, 11) is 4.02. The van der Waals surface area contributed by atoms with Gasteiger partial charge in [0.25, 0.3) is 0 Å². The summed E-state index contributed by atoms with van der Waals surface area (Å²) in [6.45, 7) is 3.26. The van der Waals surface area contributed by atoms with Crippen molar-refractivity contribution in [2.24, 2.45) is 0 Å². The van der Waals surface area contributed by atoms with Gasteiger partial charge in [-0.15, -0.1) is 0 Å². The molecule has 2 nitrogen and oxygen atoms in total. The average molecular weight is 230 g/mol. The Kier molecular flexibility index (Phi) is 4.26. The maximum atomic E-state index is 5.28. The summed E-state index contributed by atoms with van der Waals surface area (Å²) in [6, 6.07) is 0. The number of thiocarbonyl (C=S) groups is 1. The lowest BCUT2D eigenvalue weighted by Gasteiger charge is -2.37. The predicted molar refractivity (Wildman–Crippen MR) is 69.0 cm³/mol. The number of hydrogen-bond acceptors (Lipinski definition) is 4. The van der Waals surface area contributed by atoms with Crippen LogP contribution in [0.2, 0.25) is 0 Å². The Morgan fingerprint density at radius 2 is 2.21 bits per heavy atom. The number of nitrogens with one attached hydrogen (secondary N) is 1. The van der Waals surface area contributed by atoms with Crippen molar-refractivity contribution in [1.29, 1.82) is 0 Å². The molecule has 0 saturated carbocycles.